The highest BCUT2D eigenvalue weighted by molar-refractivity contribution is 5.82. The molecule has 3 N–H and O–H groups in total. The van der Waals surface area contributed by atoms with Gasteiger partial charge in [-0.15, -0.1) is 0 Å². The zero-order chi connectivity index (χ0) is 19.9. The van der Waals surface area contributed by atoms with E-state index in [1.54, 1.807) is 26.6 Å². The molecule has 1 fully saturated rings. The smallest absolute Gasteiger partial charge is 0.161 e. The van der Waals surface area contributed by atoms with Gasteiger partial charge >= 0.3 is 0 Å². The number of nitrogens with one attached hydrogen (secondary N) is 1. The number of hydrogen-bond acceptors (Lipinski definition) is 6. The van der Waals surface area contributed by atoms with Crippen molar-refractivity contribution in [1.82, 2.24) is 4.98 Å². The largest absolute Gasteiger partial charge is 0.493 e. The molecule has 0 spiro atoms. The van der Waals surface area contributed by atoms with Crippen LogP contribution in [0.5, 0.6) is 11.5 Å². The first kappa shape index (κ1) is 20.0. The van der Waals surface area contributed by atoms with Crippen molar-refractivity contribution >= 4 is 5.69 Å². The van der Waals surface area contributed by atoms with Crippen molar-refractivity contribution in [1.29, 1.82) is 5.26 Å². The van der Waals surface area contributed by atoms with E-state index in [2.05, 4.69) is 16.4 Å². The fourth-order valence-corrected chi connectivity index (χ4v) is 4.01. The predicted molar refractivity (Wildman–Crippen MR) is 110 cm³/mol. The molecule has 2 atom stereocenters. The summed E-state index contributed by atoms with van der Waals surface area (Å²) in [4.78, 5) is 4.26. The van der Waals surface area contributed by atoms with Gasteiger partial charge in [0.1, 0.15) is 6.07 Å². The minimum absolute atomic E-state index is 0.540. The SMILES string of the molecule is COc1ccc(-c2cncc(C#N)c2NC[C@H]2CCC[C@@H](CN)C2)cc1OC. The van der Waals surface area contributed by atoms with Gasteiger partial charge in [0.2, 0.25) is 0 Å². The lowest BCUT2D eigenvalue weighted by Gasteiger charge is -2.29. The fourth-order valence-electron chi connectivity index (χ4n) is 4.01. The second-order valence-electron chi connectivity index (χ2n) is 7.31. The summed E-state index contributed by atoms with van der Waals surface area (Å²) in [6, 6.07) is 7.99. The van der Waals surface area contributed by atoms with E-state index in [1.165, 1.54) is 19.3 Å². The van der Waals surface area contributed by atoms with Crippen LogP contribution >= 0.6 is 0 Å². The van der Waals surface area contributed by atoms with E-state index in [4.69, 9.17) is 15.2 Å². The first-order chi connectivity index (χ1) is 13.7. The van der Waals surface area contributed by atoms with Crippen molar-refractivity contribution in [3.8, 4) is 28.7 Å². The maximum absolute atomic E-state index is 9.60. The van der Waals surface area contributed by atoms with E-state index >= 15 is 0 Å². The monoisotopic (exact) mass is 380 g/mol. The highest BCUT2D eigenvalue weighted by Crippen LogP contribution is 2.37. The molecule has 1 aromatic heterocycles. The molecule has 1 aliphatic carbocycles. The lowest BCUT2D eigenvalue weighted by molar-refractivity contribution is 0.282. The molecule has 28 heavy (non-hydrogen) atoms. The Kier molecular flexibility index (Phi) is 6.72. The molecular formula is C22H28N4O2. The summed E-state index contributed by atoms with van der Waals surface area (Å²) >= 11 is 0. The number of aromatic nitrogens is 1. The van der Waals surface area contributed by atoms with Gasteiger partial charge in [-0.2, -0.15) is 5.26 Å². The Labute approximate surface area is 166 Å². The fraction of sp³-hybridized carbons (Fsp3) is 0.455. The van der Waals surface area contributed by atoms with E-state index in [0.29, 0.717) is 28.9 Å². The summed E-state index contributed by atoms with van der Waals surface area (Å²) in [6.07, 6.45) is 8.18. The molecule has 3 rings (SSSR count). The lowest BCUT2D eigenvalue weighted by Crippen LogP contribution is -2.26. The molecule has 148 valence electrons. The number of nitrogens with zero attached hydrogens (tertiary/aromatic N) is 2. The van der Waals surface area contributed by atoms with Gasteiger partial charge in [0, 0.05) is 24.5 Å². The van der Waals surface area contributed by atoms with Crippen LogP contribution in [0.4, 0.5) is 5.69 Å². The standard InChI is InChI=1S/C22H28N4O2/c1-27-20-7-6-17(9-21(20)28-2)19-14-25-13-18(11-24)22(19)26-12-16-5-3-4-15(8-16)10-23/h6-7,9,13-16H,3-5,8,10,12,23H2,1-2H3,(H,25,26)/t15-,16+/m1/s1. The van der Waals surface area contributed by atoms with Crippen molar-refractivity contribution in [2.75, 3.05) is 32.6 Å². The molecular weight excluding hydrogens is 352 g/mol. The van der Waals surface area contributed by atoms with Gasteiger partial charge in [-0.05, 0) is 55.3 Å². The minimum Gasteiger partial charge on any atom is -0.493 e. The molecule has 0 saturated heterocycles. The number of rotatable bonds is 7. The van der Waals surface area contributed by atoms with Crippen molar-refractivity contribution in [2.45, 2.75) is 25.7 Å². The Morgan fingerprint density at radius 1 is 1.18 bits per heavy atom. The molecule has 6 heteroatoms. The maximum Gasteiger partial charge on any atom is 0.161 e. The number of nitrogens with two attached hydrogens (primary N) is 1. The molecule has 0 aliphatic heterocycles. The second-order valence-corrected chi connectivity index (χ2v) is 7.31. The van der Waals surface area contributed by atoms with Gasteiger partial charge in [-0.25, -0.2) is 0 Å². The highest BCUT2D eigenvalue weighted by Gasteiger charge is 2.22. The second kappa shape index (κ2) is 9.43. The van der Waals surface area contributed by atoms with Crippen molar-refractivity contribution < 1.29 is 9.47 Å². The third-order valence-corrected chi connectivity index (χ3v) is 5.55. The van der Waals surface area contributed by atoms with E-state index in [9.17, 15) is 5.26 Å². The highest BCUT2D eigenvalue weighted by atomic mass is 16.5. The topological polar surface area (TPSA) is 93.2 Å². The normalized spacial score (nSPS) is 18.9. The average Bonchev–Trinajstić information content (AvgIpc) is 2.76. The molecule has 1 aromatic carbocycles. The van der Waals surface area contributed by atoms with Crippen LogP contribution in [0.2, 0.25) is 0 Å². The maximum atomic E-state index is 9.60. The van der Waals surface area contributed by atoms with Crippen LogP contribution in [0.15, 0.2) is 30.6 Å². The third kappa shape index (κ3) is 4.37. The van der Waals surface area contributed by atoms with Gasteiger partial charge in [-0.3, -0.25) is 4.98 Å². The zero-order valence-corrected chi connectivity index (χ0v) is 16.6. The van der Waals surface area contributed by atoms with Gasteiger partial charge in [-0.1, -0.05) is 12.5 Å². The quantitative estimate of drug-likeness (QED) is 0.759. The Bertz CT molecular complexity index is 847. The van der Waals surface area contributed by atoms with Crippen LogP contribution in [0, 0.1) is 23.2 Å². The minimum atomic E-state index is 0.540. The van der Waals surface area contributed by atoms with E-state index in [1.807, 2.05) is 18.2 Å². The van der Waals surface area contributed by atoms with Gasteiger partial charge in [0.05, 0.1) is 25.5 Å². The van der Waals surface area contributed by atoms with Crippen molar-refractivity contribution in [2.24, 2.45) is 17.6 Å². The molecule has 2 aromatic rings. The number of ether oxygens (including phenoxy) is 2. The summed E-state index contributed by atoms with van der Waals surface area (Å²) in [5, 5.41) is 13.1. The summed E-state index contributed by atoms with van der Waals surface area (Å²) in [7, 11) is 3.23. The Morgan fingerprint density at radius 2 is 1.96 bits per heavy atom. The number of hydrogen-bond donors (Lipinski definition) is 2. The van der Waals surface area contributed by atoms with Crippen LogP contribution in [0.25, 0.3) is 11.1 Å². The Hall–Kier alpha value is -2.78. The summed E-state index contributed by atoms with van der Waals surface area (Å²) < 4.78 is 10.8. The van der Waals surface area contributed by atoms with Crippen LogP contribution in [-0.4, -0.2) is 32.3 Å². The van der Waals surface area contributed by atoms with E-state index < -0.39 is 0 Å². The lowest BCUT2D eigenvalue weighted by atomic mass is 9.81. The van der Waals surface area contributed by atoms with Crippen LogP contribution in [0.1, 0.15) is 31.2 Å². The van der Waals surface area contributed by atoms with Gasteiger partial charge < -0.3 is 20.5 Å². The Morgan fingerprint density at radius 3 is 2.68 bits per heavy atom. The predicted octanol–water partition coefficient (Wildman–Crippen LogP) is 3.81. The molecule has 1 heterocycles. The number of benzene rings is 1. The molecule has 6 nitrogen and oxygen atoms in total. The molecule has 1 aliphatic rings. The number of nitriles is 1. The first-order valence-electron chi connectivity index (χ1n) is 9.74. The van der Waals surface area contributed by atoms with Crippen molar-refractivity contribution in [3.63, 3.8) is 0 Å². The molecule has 1 saturated carbocycles. The molecule has 0 bridgehead atoms. The summed E-state index contributed by atoms with van der Waals surface area (Å²) in [6.45, 7) is 1.58. The zero-order valence-electron chi connectivity index (χ0n) is 16.6. The Balaban J connectivity index is 1.88. The summed E-state index contributed by atoms with van der Waals surface area (Å²) in [5.41, 5.74) is 9.04. The van der Waals surface area contributed by atoms with Crippen LogP contribution in [0.3, 0.4) is 0 Å². The first-order valence-corrected chi connectivity index (χ1v) is 9.74. The average molecular weight is 380 g/mol. The number of anilines is 1. The molecule has 0 amide bonds. The van der Waals surface area contributed by atoms with E-state index in [0.717, 1.165) is 36.3 Å². The van der Waals surface area contributed by atoms with Crippen LogP contribution < -0.4 is 20.5 Å². The van der Waals surface area contributed by atoms with Crippen molar-refractivity contribution in [3.05, 3.63) is 36.2 Å². The molecule has 0 unspecified atom stereocenters. The van der Waals surface area contributed by atoms with E-state index in [-0.39, 0.29) is 0 Å². The number of methoxy groups -OCH3 is 2. The van der Waals surface area contributed by atoms with Gasteiger partial charge in [0.15, 0.2) is 11.5 Å². The van der Waals surface area contributed by atoms with Gasteiger partial charge in [0.25, 0.3) is 0 Å². The third-order valence-electron chi connectivity index (χ3n) is 5.55. The molecule has 0 radical (unpaired) electrons. The summed E-state index contributed by atoms with van der Waals surface area (Å²) in [5.74, 6) is 2.49. The van der Waals surface area contributed by atoms with Crippen LogP contribution in [-0.2, 0) is 0 Å². The number of pyridine rings is 1.